The summed E-state index contributed by atoms with van der Waals surface area (Å²) in [6, 6.07) is 0. The van der Waals surface area contributed by atoms with Gasteiger partial charge in [0.25, 0.3) is 0 Å². The van der Waals surface area contributed by atoms with E-state index in [1.807, 2.05) is 6.92 Å². The van der Waals surface area contributed by atoms with Crippen molar-refractivity contribution in [1.29, 1.82) is 0 Å². The Balaban J connectivity index is 1.98. The SMILES string of the molecule is CCc1oncc1NCc1ncc[nH]1. The summed E-state index contributed by atoms with van der Waals surface area (Å²) in [6.45, 7) is 2.68. The molecule has 2 heterocycles. The van der Waals surface area contributed by atoms with Crippen LogP contribution in [0.1, 0.15) is 18.5 Å². The molecule has 0 spiro atoms. The first-order valence-electron chi connectivity index (χ1n) is 4.56. The van der Waals surface area contributed by atoms with Crippen LogP contribution in [-0.4, -0.2) is 15.1 Å². The fourth-order valence-corrected chi connectivity index (χ4v) is 1.24. The van der Waals surface area contributed by atoms with Crippen molar-refractivity contribution in [3.8, 4) is 0 Å². The first kappa shape index (κ1) is 8.80. The smallest absolute Gasteiger partial charge is 0.159 e. The molecule has 5 heteroatoms. The van der Waals surface area contributed by atoms with Crippen LogP contribution in [0.15, 0.2) is 23.1 Å². The Morgan fingerprint density at radius 1 is 1.57 bits per heavy atom. The number of imidazole rings is 1. The number of H-pyrrole nitrogens is 1. The molecule has 14 heavy (non-hydrogen) atoms. The molecule has 0 aromatic carbocycles. The maximum absolute atomic E-state index is 5.04. The molecule has 0 unspecified atom stereocenters. The van der Waals surface area contributed by atoms with Gasteiger partial charge in [-0.2, -0.15) is 0 Å². The Kier molecular flexibility index (Phi) is 2.48. The number of hydrogen-bond donors (Lipinski definition) is 2. The van der Waals surface area contributed by atoms with E-state index in [0.29, 0.717) is 6.54 Å². The lowest BCUT2D eigenvalue weighted by atomic mass is 10.3. The molecule has 0 amide bonds. The monoisotopic (exact) mass is 192 g/mol. The molecule has 0 fully saturated rings. The van der Waals surface area contributed by atoms with Gasteiger partial charge in [-0.1, -0.05) is 12.1 Å². The van der Waals surface area contributed by atoms with Gasteiger partial charge in [-0.15, -0.1) is 0 Å². The van der Waals surface area contributed by atoms with Gasteiger partial charge in [-0.05, 0) is 0 Å². The van der Waals surface area contributed by atoms with E-state index in [4.69, 9.17) is 4.52 Å². The van der Waals surface area contributed by atoms with Crippen LogP contribution in [0.25, 0.3) is 0 Å². The van der Waals surface area contributed by atoms with E-state index in [0.717, 1.165) is 23.7 Å². The Bertz CT molecular complexity index is 379. The van der Waals surface area contributed by atoms with Gasteiger partial charge in [0.1, 0.15) is 5.82 Å². The summed E-state index contributed by atoms with van der Waals surface area (Å²) < 4.78 is 5.04. The van der Waals surface area contributed by atoms with Gasteiger partial charge >= 0.3 is 0 Å². The third-order valence-corrected chi connectivity index (χ3v) is 1.97. The maximum Gasteiger partial charge on any atom is 0.159 e. The quantitative estimate of drug-likeness (QED) is 0.771. The molecule has 0 bridgehead atoms. The molecule has 0 radical (unpaired) electrons. The van der Waals surface area contributed by atoms with E-state index >= 15 is 0 Å². The minimum Gasteiger partial charge on any atom is -0.374 e. The standard InChI is InChI=1S/C9H12N4O/c1-2-8-7(5-13-14-8)12-6-9-10-3-4-11-9/h3-5,12H,2,6H2,1H3,(H,10,11). The summed E-state index contributed by atoms with van der Waals surface area (Å²) >= 11 is 0. The number of nitrogens with one attached hydrogen (secondary N) is 2. The molecule has 2 aromatic heterocycles. The lowest BCUT2D eigenvalue weighted by molar-refractivity contribution is 0.387. The van der Waals surface area contributed by atoms with Gasteiger partial charge in [0.2, 0.25) is 0 Å². The first-order valence-corrected chi connectivity index (χ1v) is 4.56. The second-order valence-corrected chi connectivity index (χ2v) is 2.91. The van der Waals surface area contributed by atoms with Gasteiger partial charge in [0.15, 0.2) is 5.76 Å². The zero-order valence-corrected chi connectivity index (χ0v) is 7.95. The summed E-state index contributed by atoms with van der Waals surface area (Å²) in [7, 11) is 0. The predicted molar refractivity (Wildman–Crippen MR) is 51.8 cm³/mol. The second kappa shape index (κ2) is 3.95. The summed E-state index contributed by atoms with van der Waals surface area (Å²) in [5.74, 6) is 1.77. The number of aryl methyl sites for hydroxylation is 1. The zero-order valence-electron chi connectivity index (χ0n) is 7.95. The lowest BCUT2D eigenvalue weighted by Gasteiger charge is -2.01. The summed E-state index contributed by atoms with van der Waals surface area (Å²) in [5, 5.41) is 6.92. The van der Waals surface area contributed by atoms with Gasteiger partial charge in [0, 0.05) is 18.8 Å². The third-order valence-electron chi connectivity index (χ3n) is 1.97. The topological polar surface area (TPSA) is 66.7 Å². The summed E-state index contributed by atoms with van der Waals surface area (Å²) in [5.41, 5.74) is 0.934. The zero-order chi connectivity index (χ0) is 9.80. The fraction of sp³-hybridized carbons (Fsp3) is 0.333. The molecule has 2 N–H and O–H groups in total. The molecule has 2 aromatic rings. The Morgan fingerprint density at radius 3 is 3.21 bits per heavy atom. The maximum atomic E-state index is 5.04. The highest BCUT2D eigenvalue weighted by Crippen LogP contribution is 2.15. The summed E-state index contributed by atoms with van der Waals surface area (Å²) in [6.07, 6.45) is 6.04. The number of rotatable bonds is 4. The van der Waals surface area contributed by atoms with Crippen molar-refractivity contribution in [3.05, 3.63) is 30.2 Å². The van der Waals surface area contributed by atoms with Crippen LogP contribution in [0.4, 0.5) is 5.69 Å². The molecular formula is C9H12N4O. The number of hydrogen-bond acceptors (Lipinski definition) is 4. The van der Waals surface area contributed by atoms with Crippen molar-refractivity contribution >= 4 is 5.69 Å². The number of nitrogens with zero attached hydrogens (tertiary/aromatic N) is 2. The van der Waals surface area contributed by atoms with E-state index < -0.39 is 0 Å². The first-order chi connectivity index (χ1) is 6.90. The van der Waals surface area contributed by atoms with Crippen LogP contribution in [0.3, 0.4) is 0 Å². The van der Waals surface area contributed by atoms with Crippen molar-refractivity contribution in [3.63, 3.8) is 0 Å². The van der Waals surface area contributed by atoms with Crippen molar-refractivity contribution in [2.45, 2.75) is 19.9 Å². The van der Waals surface area contributed by atoms with Crippen molar-refractivity contribution in [2.75, 3.05) is 5.32 Å². The van der Waals surface area contributed by atoms with Crippen molar-refractivity contribution in [2.24, 2.45) is 0 Å². The van der Waals surface area contributed by atoms with E-state index in [9.17, 15) is 0 Å². The Labute approximate surface area is 81.5 Å². The van der Waals surface area contributed by atoms with Gasteiger partial charge < -0.3 is 14.8 Å². The van der Waals surface area contributed by atoms with Crippen molar-refractivity contribution < 1.29 is 4.52 Å². The molecular weight excluding hydrogens is 180 g/mol. The average Bonchev–Trinajstić information content (AvgIpc) is 2.85. The number of aromatic nitrogens is 3. The second-order valence-electron chi connectivity index (χ2n) is 2.91. The van der Waals surface area contributed by atoms with E-state index in [1.165, 1.54) is 0 Å². The van der Waals surface area contributed by atoms with Crippen LogP contribution in [0.2, 0.25) is 0 Å². The molecule has 0 aliphatic rings. The molecule has 0 saturated heterocycles. The van der Waals surface area contributed by atoms with Crippen LogP contribution >= 0.6 is 0 Å². The Morgan fingerprint density at radius 2 is 2.50 bits per heavy atom. The van der Waals surface area contributed by atoms with Crippen LogP contribution in [0.5, 0.6) is 0 Å². The largest absolute Gasteiger partial charge is 0.374 e. The molecule has 0 atom stereocenters. The molecule has 0 aliphatic heterocycles. The van der Waals surface area contributed by atoms with Crippen LogP contribution in [-0.2, 0) is 13.0 Å². The molecule has 74 valence electrons. The third kappa shape index (κ3) is 1.76. The summed E-state index contributed by atoms with van der Waals surface area (Å²) in [4.78, 5) is 7.11. The normalized spacial score (nSPS) is 10.4. The minimum atomic E-state index is 0.654. The van der Waals surface area contributed by atoms with E-state index in [-0.39, 0.29) is 0 Å². The molecule has 0 aliphatic carbocycles. The fourth-order valence-electron chi connectivity index (χ4n) is 1.24. The van der Waals surface area contributed by atoms with Gasteiger partial charge in [-0.25, -0.2) is 4.98 Å². The van der Waals surface area contributed by atoms with E-state index in [1.54, 1.807) is 18.6 Å². The molecule has 2 rings (SSSR count). The van der Waals surface area contributed by atoms with E-state index in [2.05, 4.69) is 20.4 Å². The number of anilines is 1. The highest BCUT2D eigenvalue weighted by molar-refractivity contribution is 5.44. The highest BCUT2D eigenvalue weighted by atomic mass is 16.5. The Hall–Kier alpha value is -1.78. The van der Waals surface area contributed by atoms with Crippen LogP contribution in [0, 0.1) is 0 Å². The molecule has 0 saturated carbocycles. The number of aromatic amines is 1. The predicted octanol–water partition coefficient (Wildman–Crippen LogP) is 1.57. The average molecular weight is 192 g/mol. The lowest BCUT2D eigenvalue weighted by Crippen LogP contribution is -2.01. The highest BCUT2D eigenvalue weighted by Gasteiger charge is 2.05. The van der Waals surface area contributed by atoms with Gasteiger partial charge in [0.05, 0.1) is 18.4 Å². The molecule has 5 nitrogen and oxygen atoms in total. The van der Waals surface area contributed by atoms with Gasteiger partial charge in [-0.3, -0.25) is 0 Å². The van der Waals surface area contributed by atoms with Crippen LogP contribution < -0.4 is 5.32 Å². The minimum absolute atomic E-state index is 0.654. The van der Waals surface area contributed by atoms with Crippen molar-refractivity contribution in [1.82, 2.24) is 15.1 Å².